The summed E-state index contributed by atoms with van der Waals surface area (Å²) in [5.41, 5.74) is 2.37. The second-order valence-corrected chi connectivity index (χ2v) is 6.20. The summed E-state index contributed by atoms with van der Waals surface area (Å²) in [5.74, 6) is 1.21. The fourth-order valence-corrected chi connectivity index (χ4v) is 2.77. The Morgan fingerprint density at radius 2 is 2.00 bits per heavy atom. The molecule has 1 N–H and O–H groups in total. The van der Waals surface area contributed by atoms with Crippen LogP contribution in [-0.2, 0) is 23.1 Å². The highest BCUT2D eigenvalue weighted by atomic mass is 16.5. The van der Waals surface area contributed by atoms with Crippen LogP contribution in [0.25, 0.3) is 0 Å². The fourth-order valence-electron chi connectivity index (χ4n) is 2.77. The van der Waals surface area contributed by atoms with Crippen LogP contribution in [-0.4, -0.2) is 81.4 Å². The maximum Gasteiger partial charge on any atom is 0.131 e. The smallest absolute Gasteiger partial charge is 0.131 e. The standard InChI is InChI=1S/C16H31N5O2/c1-14-15(13-17-5-9-22-10-6-19(2)3)16(20(4)18-14)21-7-11-23-12-8-21/h17H,5-13H2,1-4H3. The number of aryl methyl sites for hydroxylation is 2. The molecule has 0 unspecified atom stereocenters. The van der Waals surface area contributed by atoms with Crippen molar-refractivity contribution in [1.29, 1.82) is 0 Å². The molecule has 7 heteroatoms. The molecule has 1 fully saturated rings. The molecule has 0 aliphatic carbocycles. The van der Waals surface area contributed by atoms with Gasteiger partial charge in [-0.15, -0.1) is 0 Å². The molecule has 1 aliphatic rings. The molecule has 2 heterocycles. The van der Waals surface area contributed by atoms with E-state index in [1.165, 1.54) is 11.4 Å². The Morgan fingerprint density at radius 1 is 1.26 bits per heavy atom. The molecule has 1 aromatic rings. The van der Waals surface area contributed by atoms with E-state index in [1.54, 1.807) is 0 Å². The molecule has 1 saturated heterocycles. The van der Waals surface area contributed by atoms with Gasteiger partial charge in [0.1, 0.15) is 5.82 Å². The average molecular weight is 325 g/mol. The fraction of sp³-hybridized carbons (Fsp3) is 0.812. The van der Waals surface area contributed by atoms with Crippen LogP contribution in [0.5, 0.6) is 0 Å². The van der Waals surface area contributed by atoms with E-state index in [0.717, 1.165) is 64.8 Å². The Bertz CT molecular complexity index is 469. The van der Waals surface area contributed by atoms with Gasteiger partial charge >= 0.3 is 0 Å². The Hall–Kier alpha value is -1.15. The molecule has 1 aromatic heterocycles. The van der Waals surface area contributed by atoms with Crippen molar-refractivity contribution in [3.63, 3.8) is 0 Å². The quantitative estimate of drug-likeness (QED) is 0.656. The van der Waals surface area contributed by atoms with Crippen LogP contribution in [0.2, 0.25) is 0 Å². The molecule has 0 radical (unpaired) electrons. The normalized spacial score (nSPS) is 15.6. The first-order valence-electron chi connectivity index (χ1n) is 8.38. The van der Waals surface area contributed by atoms with Crippen LogP contribution in [0.3, 0.4) is 0 Å². The van der Waals surface area contributed by atoms with Gasteiger partial charge in [-0.2, -0.15) is 5.10 Å². The van der Waals surface area contributed by atoms with Crippen molar-refractivity contribution >= 4 is 5.82 Å². The van der Waals surface area contributed by atoms with Crippen LogP contribution in [0.4, 0.5) is 5.82 Å². The predicted octanol–water partition coefficient (Wildman–Crippen LogP) is 0.233. The van der Waals surface area contributed by atoms with E-state index in [9.17, 15) is 0 Å². The minimum absolute atomic E-state index is 0.736. The number of aromatic nitrogens is 2. The van der Waals surface area contributed by atoms with Crippen LogP contribution in [0.1, 0.15) is 11.3 Å². The van der Waals surface area contributed by atoms with Gasteiger partial charge in [0, 0.05) is 45.3 Å². The molecule has 0 atom stereocenters. The summed E-state index contributed by atoms with van der Waals surface area (Å²) < 4.78 is 13.1. The molecule has 1 aliphatic heterocycles. The molecule has 0 aromatic carbocycles. The van der Waals surface area contributed by atoms with Crippen LogP contribution in [0, 0.1) is 6.92 Å². The molecule has 0 amide bonds. The number of ether oxygens (including phenoxy) is 2. The van der Waals surface area contributed by atoms with E-state index in [-0.39, 0.29) is 0 Å². The number of nitrogens with zero attached hydrogens (tertiary/aromatic N) is 4. The third kappa shape index (κ3) is 5.46. The van der Waals surface area contributed by atoms with Crippen LogP contribution in [0.15, 0.2) is 0 Å². The van der Waals surface area contributed by atoms with Gasteiger partial charge < -0.3 is 24.6 Å². The number of morpholine rings is 1. The summed E-state index contributed by atoms with van der Waals surface area (Å²) in [6.07, 6.45) is 0. The Kier molecular flexibility index (Phi) is 7.29. The minimum atomic E-state index is 0.736. The summed E-state index contributed by atoms with van der Waals surface area (Å²) in [6, 6.07) is 0. The maximum atomic E-state index is 5.61. The summed E-state index contributed by atoms with van der Waals surface area (Å²) in [6.45, 7) is 9.66. The lowest BCUT2D eigenvalue weighted by Gasteiger charge is -2.29. The summed E-state index contributed by atoms with van der Waals surface area (Å²) in [4.78, 5) is 4.50. The number of hydrogen-bond acceptors (Lipinski definition) is 6. The number of rotatable bonds is 9. The van der Waals surface area contributed by atoms with Crippen molar-refractivity contribution in [1.82, 2.24) is 20.0 Å². The third-order valence-electron chi connectivity index (χ3n) is 4.03. The predicted molar refractivity (Wildman–Crippen MR) is 92.1 cm³/mol. The van der Waals surface area contributed by atoms with E-state index in [0.29, 0.717) is 0 Å². The van der Waals surface area contributed by atoms with Gasteiger partial charge in [0.05, 0.1) is 32.1 Å². The maximum absolute atomic E-state index is 5.61. The summed E-state index contributed by atoms with van der Waals surface area (Å²) in [7, 11) is 6.13. The zero-order valence-electron chi connectivity index (χ0n) is 15.0. The minimum Gasteiger partial charge on any atom is -0.379 e. The third-order valence-corrected chi connectivity index (χ3v) is 4.03. The van der Waals surface area contributed by atoms with E-state index >= 15 is 0 Å². The number of hydrogen-bond donors (Lipinski definition) is 1. The van der Waals surface area contributed by atoms with Gasteiger partial charge in [0.15, 0.2) is 0 Å². The molecule has 23 heavy (non-hydrogen) atoms. The van der Waals surface area contributed by atoms with Crippen molar-refractivity contribution in [3.8, 4) is 0 Å². The molecule has 0 spiro atoms. The van der Waals surface area contributed by atoms with Gasteiger partial charge in [-0.25, -0.2) is 0 Å². The highest BCUT2D eigenvalue weighted by Crippen LogP contribution is 2.23. The highest BCUT2D eigenvalue weighted by Gasteiger charge is 2.20. The van der Waals surface area contributed by atoms with Crippen molar-refractivity contribution in [2.24, 2.45) is 7.05 Å². The molecular formula is C16H31N5O2. The SMILES string of the molecule is Cc1nn(C)c(N2CCOCC2)c1CNCCOCCN(C)C. The van der Waals surface area contributed by atoms with Crippen LogP contribution < -0.4 is 10.2 Å². The zero-order chi connectivity index (χ0) is 16.7. The largest absolute Gasteiger partial charge is 0.379 e. The molecule has 0 saturated carbocycles. The molecule has 0 bridgehead atoms. The van der Waals surface area contributed by atoms with Gasteiger partial charge in [-0.1, -0.05) is 0 Å². The highest BCUT2D eigenvalue weighted by molar-refractivity contribution is 5.50. The summed E-state index contributed by atoms with van der Waals surface area (Å²) in [5, 5.41) is 8.06. The van der Waals surface area contributed by atoms with E-state index < -0.39 is 0 Å². The number of anilines is 1. The van der Waals surface area contributed by atoms with Gasteiger partial charge in [0.25, 0.3) is 0 Å². The molecule has 2 rings (SSSR count). The average Bonchev–Trinajstić information content (AvgIpc) is 2.81. The van der Waals surface area contributed by atoms with Gasteiger partial charge in [-0.3, -0.25) is 4.68 Å². The van der Waals surface area contributed by atoms with Crippen molar-refractivity contribution in [3.05, 3.63) is 11.3 Å². The van der Waals surface area contributed by atoms with E-state index in [1.807, 2.05) is 11.7 Å². The Morgan fingerprint density at radius 3 is 2.70 bits per heavy atom. The first-order valence-corrected chi connectivity index (χ1v) is 8.38. The van der Waals surface area contributed by atoms with Crippen LogP contribution >= 0.6 is 0 Å². The Labute approximate surface area is 139 Å². The zero-order valence-corrected chi connectivity index (χ0v) is 15.0. The topological polar surface area (TPSA) is 54.8 Å². The van der Waals surface area contributed by atoms with Crippen molar-refractivity contribution in [2.45, 2.75) is 13.5 Å². The first kappa shape index (κ1) is 18.2. The second-order valence-electron chi connectivity index (χ2n) is 6.20. The lowest BCUT2D eigenvalue weighted by molar-refractivity contribution is 0.119. The van der Waals surface area contributed by atoms with Gasteiger partial charge in [-0.05, 0) is 21.0 Å². The molecule has 7 nitrogen and oxygen atoms in total. The molecular weight excluding hydrogens is 294 g/mol. The van der Waals surface area contributed by atoms with E-state index in [4.69, 9.17) is 9.47 Å². The van der Waals surface area contributed by atoms with Crippen molar-refractivity contribution in [2.75, 3.05) is 71.6 Å². The lowest BCUT2D eigenvalue weighted by Crippen LogP contribution is -2.38. The molecule has 132 valence electrons. The first-order chi connectivity index (χ1) is 11.1. The van der Waals surface area contributed by atoms with Gasteiger partial charge in [0.2, 0.25) is 0 Å². The number of likely N-dealkylation sites (N-methyl/N-ethyl adjacent to an activating group) is 1. The second kappa shape index (κ2) is 9.22. The summed E-state index contributed by atoms with van der Waals surface area (Å²) >= 11 is 0. The van der Waals surface area contributed by atoms with E-state index in [2.05, 4.69) is 41.2 Å². The van der Waals surface area contributed by atoms with Crippen molar-refractivity contribution < 1.29 is 9.47 Å². The Balaban J connectivity index is 1.80. The number of nitrogens with one attached hydrogen (secondary N) is 1. The monoisotopic (exact) mass is 325 g/mol. The lowest BCUT2D eigenvalue weighted by atomic mass is 10.2.